The first kappa shape index (κ1) is 19.8. The summed E-state index contributed by atoms with van der Waals surface area (Å²) in [6, 6.07) is 0. The van der Waals surface area contributed by atoms with Gasteiger partial charge in [-0.2, -0.15) is 11.8 Å². The van der Waals surface area contributed by atoms with Crippen molar-refractivity contribution in [2.75, 3.05) is 30.9 Å². The predicted octanol–water partition coefficient (Wildman–Crippen LogP) is 4.64. The van der Waals surface area contributed by atoms with Gasteiger partial charge in [0, 0.05) is 24.6 Å². The molecule has 0 rings (SSSR count). The first-order valence-electron chi connectivity index (χ1n) is 6.85. The summed E-state index contributed by atoms with van der Waals surface area (Å²) in [7, 11) is 0. The van der Waals surface area contributed by atoms with Crippen molar-refractivity contribution in [1.82, 2.24) is 9.76 Å². The van der Waals surface area contributed by atoms with E-state index in [0.717, 1.165) is 48.8 Å². The van der Waals surface area contributed by atoms with Crippen molar-refractivity contribution >= 4 is 47.0 Å². The number of hydrogen-bond acceptors (Lipinski definition) is 4. The maximum atomic E-state index is 13.2. The zero-order valence-electron chi connectivity index (χ0n) is 12.5. The van der Waals surface area contributed by atoms with Crippen LogP contribution in [0.4, 0.5) is 0 Å². The van der Waals surface area contributed by atoms with Gasteiger partial charge in [-0.05, 0) is 25.5 Å². The summed E-state index contributed by atoms with van der Waals surface area (Å²) in [6.45, 7) is 5.23. The van der Waals surface area contributed by atoms with Crippen LogP contribution in [0.2, 0.25) is 0 Å². The molecule has 0 aromatic rings. The molecule has 1 N–H and O–H groups in total. The molecule has 7 heteroatoms. The monoisotopic (exact) mass is 342 g/mol. The van der Waals surface area contributed by atoms with Gasteiger partial charge in [0.2, 0.25) is 0 Å². The van der Waals surface area contributed by atoms with Gasteiger partial charge in [-0.1, -0.05) is 44.4 Å². The van der Waals surface area contributed by atoms with E-state index in [-0.39, 0.29) is 0 Å². The minimum atomic E-state index is -2.62. The Bertz CT molecular complexity index is 291. The minimum absolute atomic E-state index is 0.764. The quantitative estimate of drug-likeness (QED) is 0.435. The number of thioether (sulfide) groups is 1. The predicted molar refractivity (Wildman–Crippen MR) is 96.6 cm³/mol. The Morgan fingerprint density at radius 3 is 2.42 bits per heavy atom. The van der Waals surface area contributed by atoms with Crippen molar-refractivity contribution in [1.29, 1.82) is 0 Å². The van der Waals surface area contributed by atoms with Crippen molar-refractivity contribution in [2.45, 2.75) is 40.0 Å². The van der Waals surface area contributed by atoms with Crippen molar-refractivity contribution in [2.24, 2.45) is 0 Å². The van der Waals surface area contributed by atoms with E-state index in [1.54, 1.807) is 11.8 Å². The molecule has 0 aromatic carbocycles. The SMILES string of the molecule is CCCNP(=O)(SCCC)N(CCC)C(=S)CSC. The second kappa shape index (κ2) is 11.4. The van der Waals surface area contributed by atoms with Gasteiger partial charge >= 0.3 is 0 Å². The van der Waals surface area contributed by atoms with Gasteiger partial charge in [0.05, 0.1) is 4.99 Å². The molecule has 0 saturated carbocycles. The zero-order chi connectivity index (χ0) is 14.7. The molecule has 0 saturated heterocycles. The van der Waals surface area contributed by atoms with Crippen molar-refractivity contribution in [3.05, 3.63) is 0 Å². The van der Waals surface area contributed by atoms with Gasteiger partial charge in [0.15, 0.2) is 0 Å². The van der Waals surface area contributed by atoms with Gasteiger partial charge in [-0.3, -0.25) is 9.24 Å². The third-order valence-electron chi connectivity index (χ3n) is 2.34. The molecule has 0 amide bonds. The first-order chi connectivity index (χ1) is 9.05. The van der Waals surface area contributed by atoms with Gasteiger partial charge in [0.25, 0.3) is 6.65 Å². The Kier molecular flexibility index (Phi) is 11.9. The van der Waals surface area contributed by atoms with Crippen molar-refractivity contribution in [3.8, 4) is 0 Å². The second-order valence-electron chi connectivity index (χ2n) is 4.21. The van der Waals surface area contributed by atoms with Crippen LogP contribution in [0.15, 0.2) is 0 Å². The van der Waals surface area contributed by atoms with E-state index in [0.29, 0.717) is 0 Å². The highest BCUT2D eigenvalue weighted by atomic mass is 32.7. The van der Waals surface area contributed by atoms with E-state index in [4.69, 9.17) is 12.2 Å². The number of nitrogens with zero attached hydrogens (tertiary/aromatic N) is 1. The van der Waals surface area contributed by atoms with Crippen LogP contribution < -0.4 is 5.09 Å². The molecule has 0 aliphatic rings. The summed E-state index contributed by atoms with van der Waals surface area (Å²) < 4.78 is 15.2. The van der Waals surface area contributed by atoms with Crippen LogP contribution in [-0.2, 0) is 4.57 Å². The van der Waals surface area contributed by atoms with Crippen LogP contribution in [0.25, 0.3) is 0 Å². The van der Waals surface area contributed by atoms with E-state index in [9.17, 15) is 4.57 Å². The van der Waals surface area contributed by atoms with Crippen LogP contribution in [0, 0.1) is 0 Å². The molecule has 0 aliphatic carbocycles. The molecular formula is C12H27N2OPS3. The van der Waals surface area contributed by atoms with Crippen LogP contribution in [0.5, 0.6) is 0 Å². The fourth-order valence-corrected chi connectivity index (χ4v) is 7.89. The summed E-state index contributed by atoms with van der Waals surface area (Å²) in [6.07, 6.45) is 4.99. The lowest BCUT2D eigenvalue weighted by Gasteiger charge is -2.33. The van der Waals surface area contributed by atoms with Crippen LogP contribution in [0.3, 0.4) is 0 Å². The summed E-state index contributed by atoms with van der Waals surface area (Å²) >= 11 is 8.69. The molecule has 19 heavy (non-hydrogen) atoms. The lowest BCUT2D eigenvalue weighted by Crippen LogP contribution is -2.33. The lowest BCUT2D eigenvalue weighted by molar-refractivity contribution is 0.517. The molecule has 0 bridgehead atoms. The smallest absolute Gasteiger partial charge is 0.293 e. The zero-order valence-corrected chi connectivity index (χ0v) is 15.8. The fourth-order valence-electron chi connectivity index (χ4n) is 1.48. The largest absolute Gasteiger partial charge is 0.296 e. The molecule has 0 aromatic heterocycles. The highest BCUT2D eigenvalue weighted by Crippen LogP contribution is 2.58. The van der Waals surface area contributed by atoms with Gasteiger partial charge < -0.3 is 0 Å². The van der Waals surface area contributed by atoms with E-state index >= 15 is 0 Å². The molecule has 1 unspecified atom stereocenters. The molecule has 3 nitrogen and oxygen atoms in total. The summed E-state index contributed by atoms with van der Waals surface area (Å²) in [5.41, 5.74) is 0. The van der Waals surface area contributed by atoms with E-state index in [1.807, 2.05) is 10.9 Å². The highest BCUT2D eigenvalue weighted by molar-refractivity contribution is 8.56. The summed E-state index contributed by atoms with van der Waals surface area (Å²) in [5.74, 6) is 1.66. The van der Waals surface area contributed by atoms with Crippen LogP contribution in [0.1, 0.15) is 40.0 Å². The van der Waals surface area contributed by atoms with E-state index in [2.05, 4.69) is 25.9 Å². The molecule has 114 valence electrons. The topological polar surface area (TPSA) is 32.3 Å². The molecule has 0 spiro atoms. The highest BCUT2D eigenvalue weighted by Gasteiger charge is 2.31. The van der Waals surface area contributed by atoms with Gasteiger partial charge in [0.1, 0.15) is 0 Å². The Hall–Kier alpha value is 0.780. The van der Waals surface area contributed by atoms with E-state index in [1.165, 1.54) is 11.4 Å². The average Bonchev–Trinajstić information content (AvgIpc) is 2.40. The molecular weight excluding hydrogens is 315 g/mol. The Morgan fingerprint density at radius 2 is 1.95 bits per heavy atom. The van der Waals surface area contributed by atoms with Crippen LogP contribution >= 0.6 is 42.0 Å². The number of thiocarbonyl (C=S) groups is 1. The normalized spacial score (nSPS) is 14.1. The third kappa shape index (κ3) is 7.37. The first-order valence-corrected chi connectivity index (χ1v) is 11.9. The standard InChI is InChI=1S/C12H27N2OPS3/c1-5-8-13-16(15,19-10-7-3)14(9-6-2)12(17)11-18-4/h5-11H2,1-4H3,(H,13,15). The van der Waals surface area contributed by atoms with Crippen LogP contribution in [-0.4, -0.2) is 40.5 Å². The molecule has 0 radical (unpaired) electrons. The number of hydrogen-bond donors (Lipinski definition) is 1. The van der Waals surface area contributed by atoms with E-state index < -0.39 is 6.65 Å². The van der Waals surface area contributed by atoms with Gasteiger partial charge in [-0.25, -0.2) is 5.09 Å². The molecule has 0 aliphatic heterocycles. The minimum Gasteiger partial charge on any atom is -0.296 e. The second-order valence-corrected chi connectivity index (χ2v) is 10.3. The van der Waals surface area contributed by atoms with Crippen molar-refractivity contribution < 1.29 is 4.57 Å². The molecule has 0 fully saturated rings. The van der Waals surface area contributed by atoms with Gasteiger partial charge in [-0.15, -0.1) is 0 Å². The maximum absolute atomic E-state index is 13.2. The average molecular weight is 343 g/mol. The molecule has 1 atom stereocenters. The third-order valence-corrected chi connectivity index (χ3v) is 8.80. The Morgan fingerprint density at radius 1 is 1.26 bits per heavy atom. The Balaban J connectivity index is 4.99. The lowest BCUT2D eigenvalue weighted by atomic mass is 10.5. The Labute approximate surface area is 132 Å². The number of rotatable bonds is 11. The molecule has 0 heterocycles. The maximum Gasteiger partial charge on any atom is 0.293 e. The number of nitrogens with one attached hydrogen (secondary N) is 1. The fraction of sp³-hybridized carbons (Fsp3) is 0.917. The summed E-state index contributed by atoms with van der Waals surface area (Å²) in [5, 5.41) is 3.25. The van der Waals surface area contributed by atoms with Crippen molar-refractivity contribution in [3.63, 3.8) is 0 Å². The summed E-state index contributed by atoms with van der Waals surface area (Å²) in [4.78, 5) is 0.810.